The third-order valence-corrected chi connectivity index (χ3v) is 10.3. The number of nitrogens with one attached hydrogen (secondary N) is 5. The zero-order valence-corrected chi connectivity index (χ0v) is 37.3. The van der Waals surface area contributed by atoms with Crippen molar-refractivity contribution in [1.29, 1.82) is 0 Å². The van der Waals surface area contributed by atoms with Gasteiger partial charge in [0.05, 0.1) is 36.9 Å². The predicted molar refractivity (Wildman–Crippen MR) is 216 cm³/mol. The second-order valence-electron chi connectivity index (χ2n) is 18.7. The van der Waals surface area contributed by atoms with Crippen LogP contribution in [0.1, 0.15) is 101 Å². The van der Waals surface area contributed by atoms with Crippen LogP contribution in [0, 0.1) is 0 Å². The predicted octanol–water partition coefficient (Wildman–Crippen LogP) is 0.0268. The van der Waals surface area contributed by atoms with Gasteiger partial charge in [0, 0.05) is 13.1 Å². The van der Waals surface area contributed by atoms with Gasteiger partial charge < -0.3 is 91.0 Å². The molecular formula is C39H70N6O17. The van der Waals surface area contributed by atoms with Gasteiger partial charge in [-0.05, 0) is 94.4 Å². The van der Waals surface area contributed by atoms with Crippen molar-refractivity contribution < 1.29 is 82.7 Å². The molecule has 13 atom stereocenters. The minimum absolute atomic E-state index is 0.0429. The number of alkyl carbamates (subject to hydrolysis) is 3. The summed E-state index contributed by atoms with van der Waals surface area (Å²) in [4.78, 5) is 63.8. The molecule has 3 aliphatic rings. The number of aliphatic hydroxyl groups is 4. The standard InChI is InChI=1S/C39H70N6O17/c1-11-38(8,9)62-35(54)45-28-25(48)31(56-18-39(28,10)55)59-26-21(42-29(49)23(46)14-15-41-33(52)60-36(2,3)4)16-22(44-34(53)61-37(5,6)7)27(24(26)47)58-30-20(43-32(50)51)13-12-19(17-40)57-30/h19-28,30-31,43,46-48,55H,11-18,40H2,1-10H3,(H,41,52)(H,42,49)(H,44,53)(H,45,54)(H,50,51)/t19-,20+,21+,22-,23-,24+,25+,26-,27+,28+,30+,31+,39-/m0/s1. The smallest absolute Gasteiger partial charge is 0.408 e. The highest BCUT2D eigenvalue weighted by Crippen LogP contribution is 2.34. The van der Waals surface area contributed by atoms with Crippen molar-refractivity contribution in [2.75, 3.05) is 19.7 Å². The molecule has 2 aliphatic heterocycles. The van der Waals surface area contributed by atoms with Crippen LogP contribution in [0.2, 0.25) is 0 Å². The van der Waals surface area contributed by atoms with Gasteiger partial charge in [-0.25, -0.2) is 19.2 Å². The molecule has 2 saturated heterocycles. The fraction of sp³-hybridized carbons (Fsp3) is 0.872. The first kappa shape index (κ1) is 52.5. The Bertz CT molecular complexity index is 1520. The lowest BCUT2D eigenvalue weighted by molar-refractivity contribution is -0.308. The fourth-order valence-corrected chi connectivity index (χ4v) is 6.90. The van der Waals surface area contributed by atoms with Crippen LogP contribution >= 0.6 is 0 Å². The summed E-state index contributed by atoms with van der Waals surface area (Å²) in [5, 5.41) is 68.1. The number of hydrogen-bond acceptors (Lipinski definition) is 17. The molecule has 0 spiro atoms. The second-order valence-corrected chi connectivity index (χ2v) is 18.7. The van der Waals surface area contributed by atoms with E-state index in [0.29, 0.717) is 12.8 Å². The number of carbonyl (C=O) groups is 5. The molecule has 0 aromatic rings. The average Bonchev–Trinajstić information content (AvgIpc) is 3.12. The van der Waals surface area contributed by atoms with Gasteiger partial charge in [-0.3, -0.25) is 4.79 Å². The van der Waals surface area contributed by atoms with Gasteiger partial charge in [-0.1, -0.05) is 6.92 Å². The lowest BCUT2D eigenvalue weighted by Crippen LogP contribution is -2.71. The second kappa shape index (κ2) is 21.7. The zero-order valence-electron chi connectivity index (χ0n) is 37.3. The molecule has 5 amide bonds. The van der Waals surface area contributed by atoms with Gasteiger partial charge in [-0.15, -0.1) is 0 Å². The van der Waals surface area contributed by atoms with Gasteiger partial charge in [0.15, 0.2) is 12.6 Å². The van der Waals surface area contributed by atoms with Crippen molar-refractivity contribution in [2.24, 2.45) is 5.73 Å². The maximum atomic E-state index is 13.6. The Kier molecular flexibility index (Phi) is 18.4. The summed E-state index contributed by atoms with van der Waals surface area (Å²) in [5.41, 5.74) is 1.32. The highest BCUT2D eigenvalue weighted by atomic mass is 16.7. The number of rotatable bonds is 15. The molecule has 62 heavy (non-hydrogen) atoms. The minimum Gasteiger partial charge on any atom is -0.465 e. The number of carboxylic acid groups (broad SMARTS) is 1. The van der Waals surface area contributed by atoms with Gasteiger partial charge in [0.2, 0.25) is 5.91 Å². The van der Waals surface area contributed by atoms with Gasteiger partial charge in [0.1, 0.15) is 52.9 Å². The SMILES string of the molecule is CCC(C)(C)OC(=O)N[C@@H]1[C@@H](O)[C@@H](O[C@@H]2[C@@H](O)[C@H](O[C@H]3O[C@H](CN)CC[C@H]3NC(=O)O)[C@@H](NC(=O)OC(C)(C)C)C[C@H]2NC(=O)[C@@H](O)CCNC(=O)OC(C)(C)C)OC[C@]1(C)O. The molecule has 0 aromatic carbocycles. The van der Waals surface area contributed by atoms with E-state index in [4.69, 9.17) is 38.9 Å². The molecule has 0 unspecified atom stereocenters. The van der Waals surface area contributed by atoms with Crippen LogP contribution in [0.3, 0.4) is 0 Å². The molecule has 3 fully saturated rings. The van der Waals surface area contributed by atoms with Crippen LogP contribution in [0.5, 0.6) is 0 Å². The molecule has 1 saturated carbocycles. The first-order chi connectivity index (χ1) is 28.5. The van der Waals surface area contributed by atoms with E-state index in [1.54, 1.807) is 62.3 Å². The van der Waals surface area contributed by atoms with Crippen molar-refractivity contribution in [3.05, 3.63) is 0 Å². The van der Waals surface area contributed by atoms with E-state index in [0.717, 1.165) is 0 Å². The molecule has 0 bridgehead atoms. The number of hydrogen-bond donors (Lipinski definition) is 11. The maximum Gasteiger partial charge on any atom is 0.408 e. The molecule has 12 N–H and O–H groups in total. The van der Waals surface area contributed by atoms with E-state index < -0.39 is 133 Å². The normalized spacial score (nSPS) is 32.3. The Morgan fingerprint density at radius 1 is 0.790 bits per heavy atom. The number of amides is 5. The topological polar surface area (TPSA) is 337 Å². The number of aliphatic hydroxyl groups excluding tert-OH is 3. The number of nitrogens with two attached hydrogens (primary N) is 1. The highest BCUT2D eigenvalue weighted by Gasteiger charge is 2.54. The molecule has 2 heterocycles. The average molecular weight is 895 g/mol. The maximum absolute atomic E-state index is 13.6. The van der Waals surface area contributed by atoms with E-state index in [2.05, 4.69) is 26.6 Å². The number of ether oxygens (including phenoxy) is 7. The summed E-state index contributed by atoms with van der Waals surface area (Å²) in [5.74, 6) is -0.988. The molecular weight excluding hydrogens is 824 g/mol. The summed E-state index contributed by atoms with van der Waals surface area (Å²) in [7, 11) is 0. The Morgan fingerprint density at radius 2 is 1.35 bits per heavy atom. The Balaban J connectivity index is 2.02. The lowest BCUT2D eigenvalue weighted by Gasteiger charge is -2.49. The quantitative estimate of drug-likeness (QED) is 0.0966. The summed E-state index contributed by atoms with van der Waals surface area (Å²) in [6.07, 6.45) is -15.9. The largest absolute Gasteiger partial charge is 0.465 e. The van der Waals surface area contributed by atoms with Crippen LogP contribution in [0.25, 0.3) is 0 Å². The first-order valence-corrected chi connectivity index (χ1v) is 20.8. The van der Waals surface area contributed by atoms with Crippen molar-refractivity contribution in [3.8, 4) is 0 Å². The van der Waals surface area contributed by atoms with Crippen LogP contribution in [-0.2, 0) is 38.0 Å². The van der Waals surface area contributed by atoms with Gasteiger partial charge >= 0.3 is 24.4 Å². The van der Waals surface area contributed by atoms with Crippen molar-refractivity contribution in [1.82, 2.24) is 26.6 Å². The third kappa shape index (κ3) is 16.1. The molecule has 0 radical (unpaired) electrons. The van der Waals surface area contributed by atoms with Gasteiger partial charge in [-0.2, -0.15) is 0 Å². The lowest BCUT2D eigenvalue weighted by atomic mass is 9.82. The van der Waals surface area contributed by atoms with E-state index >= 15 is 0 Å². The van der Waals surface area contributed by atoms with Crippen LogP contribution in [-0.4, -0.2) is 171 Å². The van der Waals surface area contributed by atoms with Crippen LogP contribution in [0.15, 0.2) is 0 Å². The van der Waals surface area contributed by atoms with Crippen molar-refractivity contribution in [2.45, 2.75) is 197 Å². The van der Waals surface area contributed by atoms with E-state index in [1.807, 2.05) is 0 Å². The molecule has 1 aliphatic carbocycles. The molecule has 3 rings (SSSR count). The Morgan fingerprint density at radius 3 is 1.92 bits per heavy atom. The number of carbonyl (C=O) groups excluding carboxylic acids is 4. The van der Waals surface area contributed by atoms with Crippen molar-refractivity contribution in [3.63, 3.8) is 0 Å². The van der Waals surface area contributed by atoms with Crippen molar-refractivity contribution >= 4 is 30.3 Å². The van der Waals surface area contributed by atoms with Crippen LogP contribution in [0.4, 0.5) is 19.2 Å². The van der Waals surface area contributed by atoms with E-state index in [1.165, 1.54) is 6.92 Å². The molecule has 0 aromatic heterocycles. The zero-order chi connectivity index (χ0) is 47.0. The third-order valence-electron chi connectivity index (χ3n) is 10.3. The Labute approximate surface area is 361 Å². The minimum atomic E-state index is -1.88. The fourth-order valence-electron chi connectivity index (χ4n) is 6.90. The van der Waals surface area contributed by atoms with E-state index in [9.17, 15) is 49.5 Å². The molecule has 23 nitrogen and oxygen atoms in total. The van der Waals surface area contributed by atoms with Gasteiger partial charge in [0.25, 0.3) is 0 Å². The summed E-state index contributed by atoms with van der Waals surface area (Å²) in [6, 6.07) is -5.01. The monoisotopic (exact) mass is 894 g/mol. The molecule has 358 valence electrons. The molecule has 23 heteroatoms. The van der Waals surface area contributed by atoms with E-state index in [-0.39, 0.29) is 32.4 Å². The summed E-state index contributed by atoms with van der Waals surface area (Å²) >= 11 is 0. The first-order valence-electron chi connectivity index (χ1n) is 20.8. The highest BCUT2D eigenvalue weighted by molar-refractivity contribution is 5.81. The van der Waals surface area contributed by atoms with Crippen LogP contribution < -0.4 is 32.3 Å². The summed E-state index contributed by atoms with van der Waals surface area (Å²) in [6.45, 7) is 15.6. The Hall–Kier alpha value is -3.81. The summed E-state index contributed by atoms with van der Waals surface area (Å²) < 4.78 is 40.4.